The molecule has 1 aliphatic rings. The number of benzene rings is 1. The fourth-order valence-electron chi connectivity index (χ4n) is 2.94. The quantitative estimate of drug-likeness (QED) is 0.599. The zero-order valence-corrected chi connectivity index (χ0v) is 14.5. The van der Waals surface area contributed by atoms with Crippen LogP contribution in [0.4, 0.5) is 0 Å². The first-order valence-electron chi connectivity index (χ1n) is 8.32. The van der Waals surface area contributed by atoms with Crippen molar-refractivity contribution in [1.29, 1.82) is 0 Å². The van der Waals surface area contributed by atoms with Crippen LogP contribution in [0.3, 0.4) is 0 Å². The predicted molar refractivity (Wildman–Crippen MR) is 94.3 cm³/mol. The molecule has 3 nitrogen and oxygen atoms in total. The zero-order chi connectivity index (χ0) is 15.8. The second-order valence-corrected chi connectivity index (χ2v) is 7.45. The second kappa shape index (κ2) is 9.21. The Labute approximate surface area is 138 Å². The molecule has 122 valence electrons. The number of carbonyl (C=O) groups excluding carboxylic acids is 1. The van der Waals surface area contributed by atoms with Crippen molar-refractivity contribution in [3.8, 4) is 0 Å². The number of hydrogen-bond donors (Lipinski definition) is 2. The standard InChI is InChI=1S/C18H28N2OS/c1-14-3-5-17(6-4-14)22-12-11-20-18(21)13-15(2)16-7-9-19-10-8-16/h3-6,15-16,19H,7-13H2,1-2H3,(H,20,21). The first kappa shape index (κ1) is 17.4. The number of nitrogens with one attached hydrogen (secondary N) is 2. The highest BCUT2D eigenvalue weighted by molar-refractivity contribution is 7.99. The minimum absolute atomic E-state index is 0.204. The lowest BCUT2D eigenvalue weighted by Crippen LogP contribution is -2.34. The highest BCUT2D eigenvalue weighted by Crippen LogP contribution is 2.24. The Kier molecular flexibility index (Phi) is 7.26. The zero-order valence-electron chi connectivity index (χ0n) is 13.7. The van der Waals surface area contributed by atoms with E-state index in [4.69, 9.17) is 0 Å². The largest absolute Gasteiger partial charge is 0.355 e. The van der Waals surface area contributed by atoms with Crippen molar-refractivity contribution in [3.63, 3.8) is 0 Å². The van der Waals surface area contributed by atoms with Gasteiger partial charge in [-0.05, 0) is 56.8 Å². The maximum absolute atomic E-state index is 12.0. The van der Waals surface area contributed by atoms with Crippen molar-refractivity contribution in [2.75, 3.05) is 25.4 Å². The normalized spacial score (nSPS) is 17.2. The SMILES string of the molecule is Cc1ccc(SCCNC(=O)CC(C)C2CCNCC2)cc1. The number of carbonyl (C=O) groups is 1. The van der Waals surface area contributed by atoms with E-state index in [1.54, 1.807) is 11.8 Å². The van der Waals surface area contributed by atoms with Crippen molar-refractivity contribution in [2.24, 2.45) is 11.8 Å². The molecule has 0 spiro atoms. The van der Waals surface area contributed by atoms with Crippen molar-refractivity contribution < 1.29 is 4.79 Å². The molecule has 0 aromatic heterocycles. The lowest BCUT2D eigenvalue weighted by atomic mass is 9.84. The van der Waals surface area contributed by atoms with Gasteiger partial charge in [0.15, 0.2) is 0 Å². The molecule has 1 aromatic carbocycles. The number of amides is 1. The first-order chi connectivity index (χ1) is 10.6. The van der Waals surface area contributed by atoms with Crippen molar-refractivity contribution in [1.82, 2.24) is 10.6 Å². The molecule has 22 heavy (non-hydrogen) atoms. The molecule has 0 bridgehead atoms. The van der Waals surface area contributed by atoms with E-state index in [-0.39, 0.29) is 5.91 Å². The van der Waals surface area contributed by atoms with E-state index in [0.717, 1.165) is 25.4 Å². The Morgan fingerprint density at radius 3 is 2.68 bits per heavy atom. The molecule has 0 aliphatic carbocycles. The Hall–Kier alpha value is -1.00. The van der Waals surface area contributed by atoms with Crippen molar-refractivity contribution in [3.05, 3.63) is 29.8 Å². The number of thioether (sulfide) groups is 1. The highest BCUT2D eigenvalue weighted by atomic mass is 32.2. The molecule has 1 saturated heterocycles. The summed E-state index contributed by atoms with van der Waals surface area (Å²) < 4.78 is 0. The van der Waals surface area contributed by atoms with Gasteiger partial charge in [-0.25, -0.2) is 0 Å². The van der Waals surface area contributed by atoms with Crippen LogP contribution in [0.1, 0.15) is 31.7 Å². The van der Waals surface area contributed by atoms with Crippen LogP contribution in [-0.2, 0) is 4.79 Å². The van der Waals surface area contributed by atoms with Crippen LogP contribution in [0.2, 0.25) is 0 Å². The lowest BCUT2D eigenvalue weighted by molar-refractivity contribution is -0.122. The third-order valence-corrected chi connectivity index (χ3v) is 5.42. The van der Waals surface area contributed by atoms with Crippen LogP contribution >= 0.6 is 11.8 Å². The number of piperidine rings is 1. The van der Waals surface area contributed by atoms with E-state index >= 15 is 0 Å². The Balaban J connectivity index is 1.60. The third-order valence-electron chi connectivity index (χ3n) is 4.41. The molecule has 0 saturated carbocycles. The molecule has 1 amide bonds. The Bertz CT molecular complexity index is 455. The number of hydrogen-bond acceptors (Lipinski definition) is 3. The average molecular weight is 321 g/mol. The minimum atomic E-state index is 0.204. The summed E-state index contributed by atoms with van der Waals surface area (Å²) >= 11 is 1.80. The minimum Gasteiger partial charge on any atom is -0.355 e. The smallest absolute Gasteiger partial charge is 0.220 e. The van der Waals surface area contributed by atoms with Crippen LogP contribution in [-0.4, -0.2) is 31.3 Å². The molecule has 1 aromatic rings. The monoisotopic (exact) mass is 320 g/mol. The van der Waals surface area contributed by atoms with Gasteiger partial charge in [-0.15, -0.1) is 11.8 Å². The molecule has 1 aliphatic heterocycles. The summed E-state index contributed by atoms with van der Waals surface area (Å²) in [6.07, 6.45) is 3.08. The van der Waals surface area contributed by atoms with Crippen LogP contribution in [0.5, 0.6) is 0 Å². The van der Waals surface area contributed by atoms with Crippen LogP contribution in [0.15, 0.2) is 29.2 Å². The highest BCUT2D eigenvalue weighted by Gasteiger charge is 2.21. The Morgan fingerprint density at radius 2 is 2.00 bits per heavy atom. The van der Waals surface area contributed by atoms with Crippen LogP contribution in [0.25, 0.3) is 0 Å². The average Bonchev–Trinajstić information content (AvgIpc) is 2.54. The van der Waals surface area contributed by atoms with Gasteiger partial charge >= 0.3 is 0 Å². The van der Waals surface area contributed by atoms with Gasteiger partial charge in [0, 0.05) is 23.6 Å². The van der Waals surface area contributed by atoms with Gasteiger partial charge in [-0.2, -0.15) is 0 Å². The molecule has 2 N–H and O–H groups in total. The molecular formula is C18H28N2OS. The number of aryl methyl sites for hydroxylation is 1. The van der Waals surface area contributed by atoms with Gasteiger partial charge in [0.2, 0.25) is 5.91 Å². The van der Waals surface area contributed by atoms with Crippen LogP contribution in [0, 0.1) is 18.8 Å². The van der Waals surface area contributed by atoms with E-state index in [9.17, 15) is 4.79 Å². The van der Waals surface area contributed by atoms with Gasteiger partial charge in [0.1, 0.15) is 0 Å². The molecule has 2 rings (SSSR count). The van der Waals surface area contributed by atoms with Crippen LogP contribution < -0.4 is 10.6 Å². The molecule has 4 heteroatoms. The number of rotatable bonds is 7. The fourth-order valence-corrected chi connectivity index (χ4v) is 3.71. The molecule has 0 radical (unpaired) electrons. The van der Waals surface area contributed by atoms with Gasteiger partial charge in [-0.1, -0.05) is 24.6 Å². The van der Waals surface area contributed by atoms with Gasteiger partial charge < -0.3 is 10.6 Å². The predicted octanol–water partition coefficient (Wildman–Crippen LogP) is 3.23. The second-order valence-electron chi connectivity index (χ2n) is 6.28. The summed E-state index contributed by atoms with van der Waals surface area (Å²) in [6.45, 7) is 7.26. The third kappa shape index (κ3) is 6.01. The summed E-state index contributed by atoms with van der Waals surface area (Å²) in [7, 11) is 0. The Morgan fingerprint density at radius 1 is 1.32 bits per heavy atom. The molecule has 1 heterocycles. The van der Waals surface area contributed by atoms with Gasteiger partial charge in [0.25, 0.3) is 0 Å². The maximum atomic E-state index is 12.0. The lowest BCUT2D eigenvalue weighted by Gasteiger charge is -2.27. The fraction of sp³-hybridized carbons (Fsp3) is 0.611. The summed E-state index contributed by atoms with van der Waals surface area (Å²) in [5.41, 5.74) is 1.28. The topological polar surface area (TPSA) is 41.1 Å². The van der Waals surface area contributed by atoms with E-state index in [1.807, 2.05) is 0 Å². The molecule has 1 fully saturated rings. The molecule has 1 atom stereocenters. The molecular weight excluding hydrogens is 292 g/mol. The van der Waals surface area contributed by atoms with Gasteiger partial charge in [0.05, 0.1) is 0 Å². The summed E-state index contributed by atoms with van der Waals surface area (Å²) in [5.74, 6) is 2.33. The first-order valence-corrected chi connectivity index (χ1v) is 9.30. The maximum Gasteiger partial charge on any atom is 0.220 e. The van der Waals surface area contributed by atoms with Crippen molar-refractivity contribution in [2.45, 2.75) is 38.0 Å². The van der Waals surface area contributed by atoms with E-state index in [2.05, 4.69) is 48.7 Å². The van der Waals surface area contributed by atoms with Gasteiger partial charge in [-0.3, -0.25) is 4.79 Å². The van der Waals surface area contributed by atoms with E-state index in [0.29, 0.717) is 18.3 Å². The molecule has 1 unspecified atom stereocenters. The van der Waals surface area contributed by atoms with Crippen molar-refractivity contribution >= 4 is 17.7 Å². The van der Waals surface area contributed by atoms with E-state index < -0.39 is 0 Å². The summed E-state index contributed by atoms with van der Waals surface area (Å²) in [6, 6.07) is 8.53. The summed E-state index contributed by atoms with van der Waals surface area (Å²) in [4.78, 5) is 13.3. The van der Waals surface area contributed by atoms with E-state index in [1.165, 1.54) is 23.3 Å². The summed E-state index contributed by atoms with van der Waals surface area (Å²) in [5, 5.41) is 6.44.